The monoisotopic (exact) mass is 820 g/mol. The van der Waals surface area contributed by atoms with Gasteiger partial charge in [0.1, 0.15) is 6.61 Å². The Morgan fingerprint density at radius 1 is 0.702 bits per heavy atom. The predicted octanol–water partition coefficient (Wildman–Crippen LogP) is 9.22. The number of ether oxygens (including phenoxy) is 2. The molecule has 6 atom stereocenters. The third-order valence-corrected chi connectivity index (χ3v) is 10.00. The number of esters is 2. The molecular formula is C45H73O11P. The van der Waals surface area contributed by atoms with Crippen LogP contribution in [-0.4, -0.2) is 74.7 Å². The Bertz CT molecular complexity index is 1310. The summed E-state index contributed by atoms with van der Waals surface area (Å²) in [7, 11) is -4.84. The van der Waals surface area contributed by atoms with Gasteiger partial charge in [0.25, 0.3) is 0 Å². The number of aliphatic hydroxyl groups is 3. The van der Waals surface area contributed by atoms with E-state index in [4.69, 9.17) is 19.3 Å². The van der Waals surface area contributed by atoms with Gasteiger partial charge >= 0.3 is 19.8 Å². The van der Waals surface area contributed by atoms with Crippen LogP contribution in [0.1, 0.15) is 136 Å². The highest BCUT2D eigenvalue weighted by Crippen LogP contribution is 2.38. The Morgan fingerprint density at radius 2 is 1.28 bits per heavy atom. The van der Waals surface area contributed by atoms with E-state index in [1.54, 1.807) is 6.08 Å². The van der Waals surface area contributed by atoms with Gasteiger partial charge < -0.3 is 34.6 Å². The number of unbranched alkanes of at least 4 members (excludes halogenated alkanes) is 5. The molecule has 1 fully saturated rings. The quantitative estimate of drug-likeness (QED) is 0.0184. The van der Waals surface area contributed by atoms with Crippen LogP contribution in [0, 0.1) is 11.8 Å². The fourth-order valence-electron chi connectivity index (χ4n) is 6.38. The van der Waals surface area contributed by atoms with Crippen molar-refractivity contribution in [2.45, 2.75) is 160 Å². The zero-order valence-corrected chi connectivity index (χ0v) is 35.4. The first kappa shape index (κ1) is 52.1. The maximum absolute atomic E-state index is 12.5. The van der Waals surface area contributed by atoms with Crippen molar-refractivity contribution in [1.29, 1.82) is 0 Å². The molecule has 0 saturated heterocycles. The lowest BCUT2D eigenvalue weighted by molar-refractivity contribution is -0.161. The van der Waals surface area contributed by atoms with Gasteiger partial charge in [0.15, 0.2) is 6.10 Å². The number of allylic oxidation sites excluding steroid dienone is 12. The fraction of sp³-hybridized carbons (Fsp3) is 0.644. The second-order valence-electron chi connectivity index (χ2n) is 14.5. The summed E-state index contributed by atoms with van der Waals surface area (Å²) in [5, 5.41) is 31.3. The molecule has 12 heteroatoms. The van der Waals surface area contributed by atoms with Crippen LogP contribution in [0.3, 0.4) is 0 Å². The zero-order chi connectivity index (χ0) is 42.0. The number of rotatable bonds is 33. The van der Waals surface area contributed by atoms with Crippen LogP contribution in [0.5, 0.6) is 0 Å². The van der Waals surface area contributed by atoms with E-state index in [2.05, 4.69) is 79.1 Å². The minimum atomic E-state index is -4.84. The lowest BCUT2D eigenvalue weighted by atomic mass is 9.88. The van der Waals surface area contributed by atoms with E-state index >= 15 is 0 Å². The molecule has 1 aliphatic carbocycles. The summed E-state index contributed by atoms with van der Waals surface area (Å²) in [6.45, 7) is 3.22. The van der Waals surface area contributed by atoms with E-state index in [1.807, 2.05) is 18.2 Å². The van der Waals surface area contributed by atoms with Crippen molar-refractivity contribution in [3.63, 3.8) is 0 Å². The van der Waals surface area contributed by atoms with Crippen LogP contribution < -0.4 is 0 Å². The SMILES string of the molecule is CC/C=C\C/C=C\C/C=C\C/C=C\C/C=C\C/C=C\CCC(=O)OC[C@H](COP(=O)(O)O)OC(=O)CCCCCC[C@@H]1[C@@H](/C=C/[C@@H](O)CCCCC)[C@H](O)C[C@@H]1O. The van der Waals surface area contributed by atoms with Gasteiger partial charge in [0.05, 0.1) is 24.9 Å². The molecule has 0 bridgehead atoms. The van der Waals surface area contributed by atoms with Crippen LogP contribution in [0.15, 0.2) is 85.1 Å². The summed E-state index contributed by atoms with van der Waals surface area (Å²) in [6, 6.07) is 0. The molecule has 0 aliphatic heterocycles. The zero-order valence-electron chi connectivity index (χ0n) is 34.5. The third kappa shape index (κ3) is 29.9. The number of carbonyl (C=O) groups is 2. The Balaban J connectivity index is 2.32. The van der Waals surface area contributed by atoms with Crippen LogP contribution in [0.4, 0.5) is 0 Å². The molecule has 0 spiro atoms. The molecule has 11 nitrogen and oxygen atoms in total. The third-order valence-electron chi connectivity index (χ3n) is 9.51. The number of hydrogen-bond donors (Lipinski definition) is 5. The average Bonchev–Trinajstić information content (AvgIpc) is 3.44. The summed E-state index contributed by atoms with van der Waals surface area (Å²) >= 11 is 0. The summed E-state index contributed by atoms with van der Waals surface area (Å²) in [6.07, 6.45) is 39.5. The molecule has 0 aromatic rings. The normalized spacial score (nSPS) is 20.5. The highest BCUT2D eigenvalue weighted by Gasteiger charge is 2.39. The minimum Gasteiger partial charge on any atom is -0.462 e. The molecule has 0 aromatic heterocycles. The largest absolute Gasteiger partial charge is 0.469 e. The van der Waals surface area contributed by atoms with Crippen molar-refractivity contribution in [3.05, 3.63) is 85.1 Å². The average molecular weight is 821 g/mol. The Kier molecular flexibility index (Phi) is 31.1. The molecule has 0 radical (unpaired) electrons. The minimum absolute atomic E-state index is 0.0646. The van der Waals surface area contributed by atoms with E-state index in [-0.39, 0.29) is 24.7 Å². The number of phosphoric ester groups is 1. The van der Waals surface area contributed by atoms with Crippen LogP contribution >= 0.6 is 7.82 Å². The van der Waals surface area contributed by atoms with Gasteiger partial charge in [0, 0.05) is 25.2 Å². The summed E-state index contributed by atoms with van der Waals surface area (Å²) < 4.78 is 26.3. The number of hydrogen-bond acceptors (Lipinski definition) is 9. The number of carbonyl (C=O) groups excluding carboxylic acids is 2. The first-order valence-electron chi connectivity index (χ1n) is 21.1. The first-order chi connectivity index (χ1) is 27.5. The van der Waals surface area contributed by atoms with E-state index in [1.165, 1.54) is 0 Å². The highest BCUT2D eigenvalue weighted by atomic mass is 31.2. The molecule has 0 amide bonds. The van der Waals surface area contributed by atoms with Crippen LogP contribution in [0.25, 0.3) is 0 Å². The van der Waals surface area contributed by atoms with Crippen molar-refractivity contribution in [3.8, 4) is 0 Å². The lowest BCUT2D eigenvalue weighted by Gasteiger charge is -2.21. The Labute approximate surface area is 342 Å². The van der Waals surface area contributed by atoms with Gasteiger partial charge in [-0.2, -0.15) is 0 Å². The van der Waals surface area contributed by atoms with Crippen LogP contribution in [-0.2, 0) is 28.2 Å². The Morgan fingerprint density at radius 3 is 1.86 bits per heavy atom. The molecular weight excluding hydrogens is 747 g/mol. The van der Waals surface area contributed by atoms with Gasteiger partial charge in [-0.3, -0.25) is 14.1 Å². The maximum atomic E-state index is 12.5. The van der Waals surface area contributed by atoms with E-state index in [0.717, 1.165) is 70.6 Å². The second-order valence-corrected chi connectivity index (χ2v) is 15.8. The van der Waals surface area contributed by atoms with Gasteiger partial charge in [-0.15, -0.1) is 0 Å². The summed E-state index contributed by atoms with van der Waals surface area (Å²) in [4.78, 5) is 43.1. The molecule has 1 saturated carbocycles. The first-order valence-corrected chi connectivity index (χ1v) is 22.7. The van der Waals surface area contributed by atoms with Gasteiger partial charge in [0.2, 0.25) is 0 Å². The van der Waals surface area contributed by atoms with Crippen molar-refractivity contribution in [1.82, 2.24) is 0 Å². The second kappa shape index (κ2) is 34.0. The molecule has 1 rings (SSSR count). The topological polar surface area (TPSA) is 180 Å². The van der Waals surface area contributed by atoms with Gasteiger partial charge in [-0.1, -0.05) is 137 Å². The van der Waals surface area contributed by atoms with Crippen molar-refractivity contribution < 1.29 is 53.3 Å². The highest BCUT2D eigenvalue weighted by molar-refractivity contribution is 7.46. The van der Waals surface area contributed by atoms with Crippen molar-refractivity contribution >= 4 is 19.8 Å². The van der Waals surface area contributed by atoms with Crippen molar-refractivity contribution in [2.75, 3.05) is 13.2 Å². The molecule has 5 N–H and O–H groups in total. The van der Waals surface area contributed by atoms with E-state index < -0.39 is 57.4 Å². The Hall–Kier alpha value is -2.89. The summed E-state index contributed by atoms with van der Waals surface area (Å²) in [5.74, 6) is -1.45. The summed E-state index contributed by atoms with van der Waals surface area (Å²) in [5.41, 5.74) is 0. The lowest BCUT2D eigenvalue weighted by Crippen LogP contribution is -2.29. The smallest absolute Gasteiger partial charge is 0.462 e. The predicted molar refractivity (Wildman–Crippen MR) is 227 cm³/mol. The van der Waals surface area contributed by atoms with Gasteiger partial charge in [-0.05, 0) is 70.1 Å². The van der Waals surface area contributed by atoms with E-state index in [9.17, 15) is 29.5 Å². The molecule has 1 aliphatic rings. The molecule has 0 aromatic carbocycles. The standard InChI is InChI=1S/C45H73O11P/c1-3-5-7-8-9-10-11-12-13-14-15-16-17-18-19-20-21-22-27-31-44(49)54-36-39(37-55-57(51,52)53)56-45(50)32-28-24-23-26-30-40-41(43(48)35-42(40)47)34-33-38(46)29-25-6-4-2/h5,7,9-10,12-13,15-16,18-19,21-22,33-34,38-43,46-48H,3-4,6,8,11,14,17,20,23-32,35-37H2,1-2H3,(H2,51,52,53)/b7-5-,10-9-,13-12-,16-15-,19-18-,22-21-,34-33+/t38-,39+,40+,41+,42-,43+/m0/s1. The van der Waals surface area contributed by atoms with Crippen LogP contribution in [0.2, 0.25) is 0 Å². The van der Waals surface area contributed by atoms with Gasteiger partial charge in [-0.25, -0.2) is 4.57 Å². The van der Waals surface area contributed by atoms with E-state index in [0.29, 0.717) is 38.5 Å². The fourth-order valence-corrected chi connectivity index (χ4v) is 6.74. The maximum Gasteiger partial charge on any atom is 0.469 e. The molecule has 57 heavy (non-hydrogen) atoms. The molecule has 0 unspecified atom stereocenters. The van der Waals surface area contributed by atoms with Crippen molar-refractivity contribution in [2.24, 2.45) is 11.8 Å². The molecule has 0 heterocycles. The number of aliphatic hydroxyl groups excluding tert-OH is 3. The number of phosphoric acid groups is 1. The molecule has 324 valence electrons.